The summed E-state index contributed by atoms with van der Waals surface area (Å²) in [6.07, 6.45) is 0.905. The first-order valence-electron chi connectivity index (χ1n) is 7.38. The summed E-state index contributed by atoms with van der Waals surface area (Å²) in [5.41, 5.74) is 0.491. The number of ketones is 1. The summed E-state index contributed by atoms with van der Waals surface area (Å²) in [6, 6.07) is 16.1. The summed E-state index contributed by atoms with van der Waals surface area (Å²) in [5.74, 6) is 0.447. The standard InChI is InChI=1S/C18H18ClNO3/c19-15-7-4-6-14(12-15)17(21)13-20-18(22)10-5-11-23-16-8-2-1-3-9-16/h1-4,6-9,12H,5,10-11,13H2,(H,20,22). The molecule has 0 aliphatic heterocycles. The van der Waals surface area contributed by atoms with Gasteiger partial charge in [0.25, 0.3) is 0 Å². The molecule has 0 aliphatic rings. The van der Waals surface area contributed by atoms with Gasteiger partial charge in [0.1, 0.15) is 5.75 Å². The number of carbonyl (C=O) groups excluding carboxylic acids is 2. The maximum Gasteiger partial charge on any atom is 0.220 e. The molecular formula is C18H18ClNO3. The predicted octanol–water partition coefficient (Wildman–Crippen LogP) is 3.50. The van der Waals surface area contributed by atoms with Gasteiger partial charge in [-0.25, -0.2) is 0 Å². The Balaban J connectivity index is 1.64. The number of carbonyl (C=O) groups is 2. The van der Waals surface area contributed by atoms with E-state index in [4.69, 9.17) is 16.3 Å². The first-order valence-corrected chi connectivity index (χ1v) is 7.76. The van der Waals surface area contributed by atoms with Crippen molar-refractivity contribution in [3.05, 3.63) is 65.2 Å². The van der Waals surface area contributed by atoms with Gasteiger partial charge in [-0.1, -0.05) is 41.9 Å². The molecule has 0 unspecified atom stereocenters. The number of Topliss-reactive ketones (excluding diaryl/α,β-unsaturated/α-hetero) is 1. The third kappa shape index (κ3) is 6.12. The number of para-hydroxylation sites is 1. The fraction of sp³-hybridized carbons (Fsp3) is 0.222. The van der Waals surface area contributed by atoms with Gasteiger partial charge in [0, 0.05) is 17.0 Å². The van der Waals surface area contributed by atoms with Gasteiger partial charge in [0.05, 0.1) is 13.2 Å². The van der Waals surface area contributed by atoms with Gasteiger partial charge in [-0.2, -0.15) is 0 Å². The maximum atomic E-state index is 11.9. The second-order valence-electron chi connectivity index (χ2n) is 4.98. The van der Waals surface area contributed by atoms with Gasteiger partial charge in [0.15, 0.2) is 5.78 Å². The van der Waals surface area contributed by atoms with Crippen molar-refractivity contribution in [2.45, 2.75) is 12.8 Å². The minimum Gasteiger partial charge on any atom is -0.494 e. The van der Waals surface area contributed by atoms with Crippen molar-refractivity contribution in [3.8, 4) is 5.75 Å². The molecule has 0 radical (unpaired) electrons. The molecule has 0 saturated carbocycles. The molecule has 0 aromatic heterocycles. The predicted molar refractivity (Wildman–Crippen MR) is 90.0 cm³/mol. The van der Waals surface area contributed by atoms with E-state index in [1.54, 1.807) is 24.3 Å². The molecule has 0 heterocycles. The second-order valence-corrected chi connectivity index (χ2v) is 5.41. The Morgan fingerprint density at radius 3 is 2.57 bits per heavy atom. The topological polar surface area (TPSA) is 55.4 Å². The number of nitrogens with one attached hydrogen (secondary N) is 1. The SMILES string of the molecule is O=C(CCCOc1ccccc1)NCC(=O)c1cccc(Cl)c1. The van der Waals surface area contributed by atoms with E-state index < -0.39 is 0 Å². The first kappa shape index (κ1) is 17.0. The lowest BCUT2D eigenvalue weighted by molar-refractivity contribution is -0.121. The molecule has 23 heavy (non-hydrogen) atoms. The Hall–Kier alpha value is -2.33. The fourth-order valence-corrected chi connectivity index (χ4v) is 2.16. The van der Waals surface area contributed by atoms with Crippen molar-refractivity contribution >= 4 is 23.3 Å². The molecule has 0 fully saturated rings. The van der Waals surface area contributed by atoms with Crippen LogP contribution in [0, 0.1) is 0 Å². The van der Waals surface area contributed by atoms with Crippen molar-refractivity contribution in [1.82, 2.24) is 5.32 Å². The molecule has 1 amide bonds. The second kappa shape index (κ2) is 8.96. The highest BCUT2D eigenvalue weighted by Crippen LogP contribution is 2.11. The monoisotopic (exact) mass is 331 g/mol. The van der Waals surface area contributed by atoms with Gasteiger partial charge in [0.2, 0.25) is 5.91 Å². The number of amides is 1. The maximum absolute atomic E-state index is 11.9. The summed E-state index contributed by atoms with van der Waals surface area (Å²) in [5, 5.41) is 3.11. The number of hydrogen-bond donors (Lipinski definition) is 1. The molecule has 120 valence electrons. The quantitative estimate of drug-likeness (QED) is 0.595. The van der Waals surface area contributed by atoms with Crippen molar-refractivity contribution in [2.75, 3.05) is 13.2 Å². The van der Waals surface area contributed by atoms with Crippen molar-refractivity contribution in [2.24, 2.45) is 0 Å². The summed E-state index contributed by atoms with van der Waals surface area (Å²) in [4.78, 5) is 23.6. The molecule has 0 atom stereocenters. The number of benzene rings is 2. The minimum absolute atomic E-state index is 0.0290. The van der Waals surface area contributed by atoms with E-state index in [1.165, 1.54) is 0 Å². The first-order chi connectivity index (χ1) is 11.1. The molecular weight excluding hydrogens is 314 g/mol. The zero-order chi connectivity index (χ0) is 16.5. The third-order valence-electron chi connectivity index (χ3n) is 3.15. The highest BCUT2D eigenvalue weighted by molar-refractivity contribution is 6.31. The Morgan fingerprint density at radius 2 is 1.83 bits per heavy atom. The normalized spacial score (nSPS) is 10.1. The Labute approximate surface area is 140 Å². The van der Waals surface area contributed by atoms with Crippen molar-refractivity contribution < 1.29 is 14.3 Å². The van der Waals surface area contributed by atoms with E-state index in [-0.39, 0.29) is 18.2 Å². The Morgan fingerprint density at radius 1 is 1.04 bits per heavy atom. The summed E-state index contributed by atoms with van der Waals surface area (Å²) >= 11 is 5.83. The molecule has 0 spiro atoms. The fourth-order valence-electron chi connectivity index (χ4n) is 1.97. The lowest BCUT2D eigenvalue weighted by atomic mass is 10.1. The molecule has 2 aromatic rings. The molecule has 2 rings (SSSR count). The van der Waals surface area contributed by atoms with Gasteiger partial charge in [-0.15, -0.1) is 0 Å². The van der Waals surface area contributed by atoms with Crippen LogP contribution in [-0.4, -0.2) is 24.8 Å². The van der Waals surface area contributed by atoms with Gasteiger partial charge < -0.3 is 10.1 Å². The zero-order valence-electron chi connectivity index (χ0n) is 12.6. The van der Waals surface area contributed by atoms with E-state index in [1.807, 2.05) is 30.3 Å². The largest absolute Gasteiger partial charge is 0.494 e. The smallest absolute Gasteiger partial charge is 0.220 e. The van der Waals surface area contributed by atoms with Crippen LogP contribution in [0.3, 0.4) is 0 Å². The van der Waals surface area contributed by atoms with Gasteiger partial charge in [-0.3, -0.25) is 9.59 Å². The van der Waals surface area contributed by atoms with Crippen LogP contribution in [0.25, 0.3) is 0 Å². The van der Waals surface area contributed by atoms with Gasteiger partial charge >= 0.3 is 0 Å². The van der Waals surface area contributed by atoms with Crippen LogP contribution in [0.4, 0.5) is 0 Å². The lowest BCUT2D eigenvalue weighted by Crippen LogP contribution is -2.29. The van der Waals surface area contributed by atoms with E-state index in [2.05, 4.69) is 5.32 Å². The molecule has 0 aliphatic carbocycles. The Kier molecular flexibility index (Phi) is 6.63. The lowest BCUT2D eigenvalue weighted by Gasteiger charge is -2.07. The molecule has 5 heteroatoms. The zero-order valence-corrected chi connectivity index (χ0v) is 13.4. The van der Waals surface area contributed by atoms with Gasteiger partial charge in [-0.05, 0) is 30.7 Å². The third-order valence-corrected chi connectivity index (χ3v) is 3.39. The van der Waals surface area contributed by atoms with Crippen LogP contribution < -0.4 is 10.1 Å². The van der Waals surface area contributed by atoms with Crippen molar-refractivity contribution in [3.63, 3.8) is 0 Å². The van der Waals surface area contributed by atoms with E-state index in [9.17, 15) is 9.59 Å². The summed E-state index contributed by atoms with van der Waals surface area (Å²) < 4.78 is 5.50. The minimum atomic E-state index is -0.169. The molecule has 0 bridgehead atoms. The molecule has 1 N–H and O–H groups in total. The van der Waals surface area contributed by atoms with E-state index in [0.717, 1.165) is 5.75 Å². The average Bonchev–Trinajstić information content (AvgIpc) is 2.57. The molecule has 0 saturated heterocycles. The summed E-state index contributed by atoms with van der Waals surface area (Å²) in [6.45, 7) is 0.429. The van der Waals surface area contributed by atoms with Crippen LogP contribution in [-0.2, 0) is 4.79 Å². The van der Waals surface area contributed by atoms with Crippen LogP contribution in [0.2, 0.25) is 5.02 Å². The number of ether oxygens (including phenoxy) is 1. The molecule has 2 aromatic carbocycles. The van der Waals surface area contributed by atoms with Crippen LogP contribution in [0.5, 0.6) is 5.75 Å². The number of rotatable bonds is 8. The average molecular weight is 332 g/mol. The Bertz CT molecular complexity index is 658. The highest BCUT2D eigenvalue weighted by Gasteiger charge is 2.08. The van der Waals surface area contributed by atoms with E-state index in [0.29, 0.717) is 30.0 Å². The van der Waals surface area contributed by atoms with Crippen LogP contribution in [0.1, 0.15) is 23.2 Å². The van der Waals surface area contributed by atoms with Crippen molar-refractivity contribution in [1.29, 1.82) is 0 Å². The number of hydrogen-bond acceptors (Lipinski definition) is 3. The highest BCUT2D eigenvalue weighted by atomic mass is 35.5. The summed E-state index contributed by atoms with van der Waals surface area (Å²) in [7, 11) is 0. The molecule has 4 nitrogen and oxygen atoms in total. The van der Waals surface area contributed by atoms with Crippen LogP contribution >= 0.6 is 11.6 Å². The van der Waals surface area contributed by atoms with Crippen LogP contribution in [0.15, 0.2) is 54.6 Å². The van der Waals surface area contributed by atoms with E-state index >= 15 is 0 Å². The number of halogens is 1.